The van der Waals surface area contributed by atoms with Gasteiger partial charge < -0.3 is 19.9 Å². The predicted molar refractivity (Wildman–Crippen MR) is 127 cm³/mol. The lowest BCUT2D eigenvalue weighted by molar-refractivity contribution is -0.118. The monoisotopic (exact) mass is 429 g/mol. The van der Waals surface area contributed by atoms with Crippen molar-refractivity contribution < 1.29 is 14.3 Å². The topological polar surface area (TPSA) is 61.9 Å². The highest BCUT2D eigenvalue weighted by Gasteiger charge is 2.30. The molecule has 0 radical (unpaired) electrons. The van der Waals surface area contributed by atoms with E-state index in [0.29, 0.717) is 12.2 Å². The third-order valence-corrected chi connectivity index (χ3v) is 5.61. The number of nitrogens with zero attached hydrogens (tertiary/aromatic N) is 2. The van der Waals surface area contributed by atoms with E-state index in [1.165, 1.54) is 0 Å². The Bertz CT molecular complexity index is 1080. The van der Waals surface area contributed by atoms with Crippen molar-refractivity contribution in [3.63, 3.8) is 0 Å². The predicted octanol–water partition coefficient (Wildman–Crippen LogP) is 4.47. The highest BCUT2D eigenvalue weighted by atomic mass is 16.5. The van der Waals surface area contributed by atoms with Crippen LogP contribution in [0.1, 0.15) is 18.9 Å². The normalized spacial score (nSPS) is 15.4. The van der Waals surface area contributed by atoms with Gasteiger partial charge in [-0.2, -0.15) is 0 Å². The Balaban J connectivity index is 1.65. The van der Waals surface area contributed by atoms with Gasteiger partial charge in [0.2, 0.25) is 11.8 Å². The van der Waals surface area contributed by atoms with E-state index in [4.69, 9.17) is 4.74 Å². The summed E-state index contributed by atoms with van der Waals surface area (Å²) in [4.78, 5) is 29.7. The van der Waals surface area contributed by atoms with Gasteiger partial charge in [-0.25, -0.2) is 0 Å². The van der Waals surface area contributed by atoms with Crippen molar-refractivity contribution >= 4 is 28.9 Å². The van der Waals surface area contributed by atoms with E-state index < -0.39 is 0 Å². The molecule has 0 saturated carbocycles. The Kier molecular flexibility index (Phi) is 6.40. The largest absolute Gasteiger partial charge is 0.497 e. The average molecular weight is 430 g/mol. The molecule has 164 valence electrons. The van der Waals surface area contributed by atoms with Crippen LogP contribution in [0.5, 0.6) is 5.75 Å². The van der Waals surface area contributed by atoms with Gasteiger partial charge in [-0.3, -0.25) is 9.59 Å². The summed E-state index contributed by atoms with van der Waals surface area (Å²) < 4.78 is 5.29. The summed E-state index contributed by atoms with van der Waals surface area (Å²) in [6.07, 6.45) is 0.252. The molecule has 0 unspecified atom stereocenters. The van der Waals surface area contributed by atoms with Gasteiger partial charge in [0.1, 0.15) is 5.75 Å². The molecule has 1 aliphatic rings. The molecule has 32 heavy (non-hydrogen) atoms. The molecule has 0 bridgehead atoms. The first-order chi connectivity index (χ1) is 15.5. The summed E-state index contributed by atoms with van der Waals surface area (Å²) in [6.45, 7) is 2.67. The molecule has 6 heteroatoms. The quantitative estimate of drug-likeness (QED) is 0.628. The lowest BCUT2D eigenvalue weighted by Crippen LogP contribution is -2.45. The molecule has 0 spiro atoms. The molecule has 1 heterocycles. The van der Waals surface area contributed by atoms with Crippen LogP contribution < -0.4 is 19.9 Å². The zero-order valence-corrected chi connectivity index (χ0v) is 18.3. The van der Waals surface area contributed by atoms with E-state index in [-0.39, 0.29) is 30.8 Å². The van der Waals surface area contributed by atoms with Crippen LogP contribution in [-0.4, -0.2) is 31.5 Å². The molecule has 2 amide bonds. The summed E-state index contributed by atoms with van der Waals surface area (Å²) in [5.41, 5.74) is 3.42. The van der Waals surface area contributed by atoms with Crippen LogP contribution in [-0.2, 0) is 16.1 Å². The van der Waals surface area contributed by atoms with Crippen LogP contribution in [0.2, 0.25) is 0 Å². The minimum atomic E-state index is -0.249. The Labute approximate surface area is 188 Å². The molecule has 1 aliphatic heterocycles. The maximum atomic E-state index is 13.6. The van der Waals surface area contributed by atoms with Crippen molar-refractivity contribution in [1.82, 2.24) is 0 Å². The molecule has 3 aromatic carbocycles. The fraction of sp³-hybridized carbons (Fsp3) is 0.231. The van der Waals surface area contributed by atoms with Crippen molar-refractivity contribution in [2.45, 2.75) is 25.9 Å². The van der Waals surface area contributed by atoms with Crippen LogP contribution in [0.25, 0.3) is 0 Å². The van der Waals surface area contributed by atoms with Crippen LogP contribution in [0.3, 0.4) is 0 Å². The lowest BCUT2D eigenvalue weighted by atomic mass is 10.1. The third-order valence-electron chi connectivity index (χ3n) is 5.61. The zero-order valence-electron chi connectivity index (χ0n) is 18.3. The number of anilines is 3. The Morgan fingerprint density at radius 1 is 1.03 bits per heavy atom. The number of methoxy groups -OCH3 is 1. The average Bonchev–Trinajstić information content (AvgIpc) is 2.93. The minimum Gasteiger partial charge on any atom is -0.497 e. The third kappa shape index (κ3) is 4.75. The first kappa shape index (κ1) is 21.4. The van der Waals surface area contributed by atoms with E-state index in [9.17, 15) is 9.59 Å². The number of hydrogen-bond donors (Lipinski definition) is 1. The Hall–Kier alpha value is -3.80. The molecule has 0 aromatic heterocycles. The summed E-state index contributed by atoms with van der Waals surface area (Å²) in [5.74, 6) is 0.615. The van der Waals surface area contributed by atoms with Crippen LogP contribution in [0, 0.1) is 0 Å². The van der Waals surface area contributed by atoms with Crippen LogP contribution >= 0.6 is 0 Å². The fourth-order valence-electron chi connectivity index (χ4n) is 4.04. The second-order valence-corrected chi connectivity index (χ2v) is 7.92. The Morgan fingerprint density at radius 2 is 1.72 bits per heavy atom. The second kappa shape index (κ2) is 9.56. The number of para-hydroxylation sites is 2. The van der Waals surface area contributed by atoms with Crippen LogP contribution in [0.15, 0.2) is 78.9 Å². The maximum Gasteiger partial charge on any atom is 0.246 e. The van der Waals surface area contributed by atoms with Crippen LogP contribution in [0.4, 0.5) is 17.1 Å². The molecular formula is C26H27N3O3. The molecular weight excluding hydrogens is 402 g/mol. The molecule has 0 saturated heterocycles. The molecule has 6 nitrogen and oxygen atoms in total. The number of benzene rings is 3. The number of ether oxygens (including phenoxy) is 1. The lowest BCUT2D eigenvalue weighted by Gasteiger charge is -2.32. The number of rotatable bonds is 6. The summed E-state index contributed by atoms with van der Waals surface area (Å²) in [7, 11) is 1.63. The van der Waals surface area contributed by atoms with Gasteiger partial charge in [-0.05, 0) is 48.9 Å². The van der Waals surface area contributed by atoms with Crippen molar-refractivity contribution in [2.75, 3.05) is 28.8 Å². The van der Waals surface area contributed by atoms with Gasteiger partial charge in [0.05, 0.1) is 25.0 Å². The second-order valence-electron chi connectivity index (χ2n) is 7.92. The van der Waals surface area contributed by atoms with Crippen molar-refractivity contribution in [3.8, 4) is 5.75 Å². The molecule has 4 rings (SSSR count). The standard InChI is InChI=1S/C26H27N3O3/c1-19-16-25(30)27-23-10-6-7-11-24(23)29(19)26(31)18-28(17-20-8-4-3-5-9-20)21-12-14-22(32-2)15-13-21/h3-15,19H,16-18H2,1-2H3,(H,27,30)/t19-/m1/s1. The van der Waals surface area contributed by atoms with Crippen molar-refractivity contribution in [1.29, 1.82) is 0 Å². The number of amides is 2. The van der Waals surface area contributed by atoms with E-state index in [2.05, 4.69) is 5.32 Å². The zero-order chi connectivity index (χ0) is 22.5. The number of fused-ring (bicyclic) bond motifs is 1. The first-order valence-corrected chi connectivity index (χ1v) is 10.7. The number of carbonyl (C=O) groups is 2. The Morgan fingerprint density at radius 3 is 2.44 bits per heavy atom. The number of hydrogen-bond acceptors (Lipinski definition) is 4. The summed E-state index contributed by atoms with van der Waals surface area (Å²) in [5, 5.41) is 2.91. The molecule has 1 atom stereocenters. The number of carbonyl (C=O) groups excluding carboxylic acids is 2. The first-order valence-electron chi connectivity index (χ1n) is 10.7. The highest BCUT2D eigenvalue weighted by Crippen LogP contribution is 2.32. The van der Waals surface area contributed by atoms with Crippen molar-refractivity contribution in [3.05, 3.63) is 84.4 Å². The van der Waals surface area contributed by atoms with Gasteiger partial charge in [0.15, 0.2) is 0 Å². The molecule has 1 N–H and O–H groups in total. The van der Waals surface area contributed by atoms with Gasteiger partial charge in [0.25, 0.3) is 0 Å². The maximum absolute atomic E-state index is 13.6. The van der Waals surface area contributed by atoms with Gasteiger partial charge in [-0.1, -0.05) is 42.5 Å². The summed E-state index contributed by atoms with van der Waals surface area (Å²) >= 11 is 0. The SMILES string of the molecule is COc1ccc(N(CC(=O)N2c3ccccc3NC(=O)C[C@H]2C)Cc2ccccc2)cc1. The number of nitrogens with one attached hydrogen (secondary N) is 1. The van der Waals surface area contributed by atoms with E-state index >= 15 is 0 Å². The molecule has 0 aliphatic carbocycles. The van der Waals surface area contributed by atoms with Gasteiger partial charge >= 0.3 is 0 Å². The van der Waals surface area contributed by atoms with E-state index in [0.717, 1.165) is 22.7 Å². The summed E-state index contributed by atoms with van der Waals surface area (Å²) in [6, 6.07) is 25.0. The molecule has 3 aromatic rings. The highest BCUT2D eigenvalue weighted by molar-refractivity contribution is 6.05. The van der Waals surface area contributed by atoms with Gasteiger partial charge in [0, 0.05) is 24.7 Å². The van der Waals surface area contributed by atoms with E-state index in [1.807, 2.05) is 90.7 Å². The molecule has 0 fully saturated rings. The minimum absolute atomic E-state index is 0.0619. The fourth-order valence-corrected chi connectivity index (χ4v) is 4.04. The smallest absolute Gasteiger partial charge is 0.246 e. The van der Waals surface area contributed by atoms with E-state index in [1.54, 1.807) is 12.0 Å². The van der Waals surface area contributed by atoms with Gasteiger partial charge in [-0.15, -0.1) is 0 Å². The van der Waals surface area contributed by atoms with Crippen molar-refractivity contribution in [2.24, 2.45) is 0 Å².